The largest absolute Gasteiger partial charge is 0.484 e. The molecule has 0 spiro atoms. The summed E-state index contributed by atoms with van der Waals surface area (Å²) in [6.45, 7) is 0.169. The number of rotatable bonds is 7. The SMILES string of the molecule is O=C(CSc1nnc(COc2ccccc2)o1)Nc1ccc(Cl)c(Br)c1. The van der Waals surface area contributed by atoms with Crippen molar-refractivity contribution in [2.75, 3.05) is 11.1 Å². The van der Waals surface area contributed by atoms with Gasteiger partial charge in [0.25, 0.3) is 11.1 Å². The van der Waals surface area contributed by atoms with Crippen molar-refractivity contribution >= 4 is 50.9 Å². The van der Waals surface area contributed by atoms with Gasteiger partial charge >= 0.3 is 0 Å². The minimum absolute atomic E-state index is 0.140. The molecule has 9 heteroatoms. The molecule has 0 bridgehead atoms. The fourth-order valence-corrected chi connectivity index (χ4v) is 2.99. The summed E-state index contributed by atoms with van der Waals surface area (Å²) in [5.74, 6) is 1.01. The number of para-hydroxylation sites is 1. The second-order valence-electron chi connectivity index (χ2n) is 5.03. The third-order valence-corrected chi connectivity index (χ3v) is 5.12. The second-order valence-corrected chi connectivity index (χ2v) is 7.22. The number of nitrogens with one attached hydrogen (secondary N) is 1. The minimum atomic E-state index is -0.190. The number of carbonyl (C=O) groups is 1. The molecule has 1 aromatic heterocycles. The Morgan fingerprint density at radius 1 is 1.23 bits per heavy atom. The highest BCUT2D eigenvalue weighted by atomic mass is 79.9. The van der Waals surface area contributed by atoms with E-state index < -0.39 is 0 Å². The van der Waals surface area contributed by atoms with Gasteiger partial charge in [0, 0.05) is 10.2 Å². The van der Waals surface area contributed by atoms with Gasteiger partial charge in [0.15, 0.2) is 6.61 Å². The minimum Gasteiger partial charge on any atom is -0.484 e. The van der Waals surface area contributed by atoms with Crippen molar-refractivity contribution in [1.82, 2.24) is 10.2 Å². The van der Waals surface area contributed by atoms with Crippen molar-refractivity contribution in [2.45, 2.75) is 11.8 Å². The molecule has 2 aromatic carbocycles. The van der Waals surface area contributed by atoms with Gasteiger partial charge in [-0.1, -0.05) is 41.6 Å². The number of amides is 1. The Hall–Kier alpha value is -2.03. The van der Waals surface area contributed by atoms with Crippen LogP contribution >= 0.6 is 39.3 Å². The monoisotopic (exact) mass is 453 g/mol. The molecule has 3 rings (SSSR count). The molecule has 0 fully saturated rings. The zero-order chi connectivity index (χ0) is 18.4. The number of aromatic nitrogens is 2. The third kappa shape index (κ3) is 5.48. The van der Waals surface area contributed by atoms with E-state index in [0.29, 0.717) is 32.0 Å². The van der Waals surface area contributed by atoms with E-state index in [4.69, 9.17) is 20.8 Å². The molecule has 1 heterocycles. The zero-order valence-corrected chi connectivity index (χ0v) is 16.5. The van der Waals surface area contributed by atoms with Crippen molar-refractivity contribution in [3.63, 3.8) is 0 Å². The van der Waals surface area contributed by atoms with Gasteiger partial charge in [0.2, 0.25) is 5.91 Å². The van der Waals surface area contributed by atoms with Crippen LogP contribution in [0.25, 0.3) is 0 Å². The van der Waals surface area contributed by atoms with E-state index in [9.17, 15) is 4.79 Å². The van der Waals surface area contributed by atoms with Crippen LogP contribution in [0, 0.1) is 0 Å². The van der Waals surface area contributed by atoms with Gasteiger partial charge in [-0.3, -0.25) is 4.79 Å². The Bertz CT molecular complexity index is 892. The third-order valence-electron chi connectivity index (χ3n) is 3.08. The molecule has 0 saturated carbocycles. The fraction of sp³-hybridized carbons (Fsp3) is 0.118. The summed E-state index contributed by atoms with van der Waals surface area (Å²) in [6, 6.07) is 14.5. The molecule has 0 aliphatic rings. The smallest absolute Gasteiger partial charge is 0.277 e. The van der Waals surface area contributed by atoms with E-state index in [1.165, 1.54) is 0 Å². The quantitative estimate of drug-likeness (QED) is 0.517. The number of benzene rings is 2. The molecule has 26 heavy (non-hydrogen) atoms. The van der Waals surface area contributed by atoms with Crippen molar-refractivity contribution in [3.8, 4) is 5.75 Å². The van der Waals surface area contributed by atoms with Gasteiger partial charge in [-0.25, -0.2) is 0 Å². The number of nitrogens with zero attached hydrogens (tertiary/aromatic N) is 2. The summed E-state index contributed by atoms with van der Waals surface area (Å²) in [6.07, 6.45) is 0. The predicted molar refractivity (Wildman–Crippen MR) is 104 cm³/mol. The predicted octanol–water partition coefficient (Wildman–Crippen LogP) is 4.80. The van der Waals surface area contributed by atoms with Crippen LogP contribution in [-0.2, 0) is 11.4 Å². The number of anilines is 1. The second kappa shape index (κ2) is 9.07. The first-order valence-corrected chi connectivity index (χ1v) is 9.64. The standard InChI is InChI=1S/C17H13BrClN3O3S/c18-13-8-11(6-7-14(13)19)20-15(23)10-26-17-22-21-16(25-17)9-24-12-4-2-1-3-5-12/h1-8H,9-10H2,(H,20,23). The highest BCUT2D eigenvalue weighted by Crippen LogP contribution is 2.26. The summed E-state index contributed by atoms with van der Waals surface area (Å²) in [5, 5.41) is 11.5. The highest BCUT2D eigenvalue weighted by molar-refractivity contribution is 9.10. The van der Waals surface area contributed by atoms with Crippen molar-refractivity contribution < 1.29 is 13.9 Å². The first-order chi connectivity index (χ1) is 12.6. The summed E-state index contributed by atoms with van der Waals surface area (Å²) in [4.78, 5) is 12.0. The maximum absolute atomic E-state index is 12.0. The van der Waals surface area contributed by atoms with E-state index in [0.717, 1.165) is 11.8 Å². The van der Waals surface area contributed by atoms with Crippen LogP contribution in [0.1, 0.15) is 5.89 Å². The van der Waals surface area contributed by atoms with Crippen LogP contribution in [0.4, 0.5) is 5.69 Å². The summed E-state index contributed by atoms with van der Waals surface area (Å²) in [7, 11) is 0. The van der Waals surface area contributed by atoms with Crippen molar-refractivity contribution in [1.29, 1.82) is 0 Å². The van der Waals surface area contributed by atoms with Gasteiger partial charge in [-0.05, 0) is 46.3 Å². The Morgan fingerprint density at radius 3 is 2.81 bits per heavy atom. The van der Waals surface area contributed by atoms with Crippen LogP contribution in [0.5, 0.6) is 5.75 Å². The molecule has 0 radical (unpaired) electrons. The lowest BCUT2D eigenvalue weighted by Crippen LogP contribution is -2.13. The van der Waals surface area contributed by atoms with Gasteiger partial charge in [0.1, 0.15) is 5.75 Å². The van der Waals surface area contributed by atoms with Gasteiger partial charge < -0.3 is 14.5 Å². The van der Waals surface area contributed by atoms with E-state index in [1.54, 1.807) is 18.2 Å². The fourth-order valence-electron chi connectivity index (χ4n) is 1.91. The number of carbonyl (C=O) groups excluding carboxylic acids is 1. The molecule has 0 saturated heterocycles. The Balaban J connectivity index is 1.46. The van der Waals surface area contributed by atoms with E-state index in [1.807, 2.05) is 30.3 Å². The highest BCUT2D eigenvalue weighted by Gasteiger charge is 2.11. The molecule has 1 N–H and O–H groups in total. The maximum atomic E-state index is 12.0. The lowest BCUT2D eigenvalue weighted by Gasteiger charge is -2.05. The first-order valence-electron chi connectivity index (χ1n) is 7.48. The number of halogens is 2. The summed E-state index contributed by atoms with van der Waals surface area (Å²) >= 11 is 10.4. The summed E-state index contributed by atoms with van der Waals surface area (Å²) < 4.78 is 11.7. The lowest BCUT2D eigenvalue weighted by molar-refractivity contribution is -0.113. The molecule has 0 aliphatic carbocycles. The molecule has 0 aliphatic heterocycles. The topological polar surface area (TPSA) is 77.2 Å². The average Bonchev–Trinajstić information content (AvgIpc) is 3.10. The zero-order valence-electron chi connectivity index (χ0n) is 13.3. The number of hydrogen-bond acceptors (Lipinski definition) is 6. The molecule has 1 amide bonds. The first kappa shape index (κ1) is 18.8. The van der Waals surface area contributed by atoms with Gasteiger partial charge in [-0.15, -0.1) is 10.2 Å². The van der Waals surface area contributed by atoms with Crippen LogP contribution in [0.2, 0.25) is 5.02 Å². The Morgan fingerprint density at radius 2 is 2.04 bits per heavy atom. The molecule has 0 unspecified atom stereocenters. The number of hydrogen-bond donors (Lipinski definition) is 1. The van der Waals surface area contributed by atoms with E-state index in [2.05, 4.69) is 31.4 Å². The maximum Gasteiger partial charge on any atom is 0.277 e. The van der Waals surface area contributed by atoms with Crippen LogP contribution in [0.15, 0.2) is 62.6 Å². The molecular weight excluding hydrogens is 442 g/mol. The molecule has 134 valence electrons. The van der Waals surface area contributed by atoms with Crippen LogP contribution in [-0.4, -0.2) is 21.9 Å². The molecule has 6 nitrogen and oxygen atoms in total. The molecule has 3 aromatic rings. The summed E-state index contributed by atoms with van der Waals surface area (Å²) in [5.41, 5.74) is 0.648. The van der Waals surface area contributed by atoms with Gasteiger partial charge in [-0.2, -0.15) is 0 Å². The normalized spacial score (nSPS) is 10.5. The van der Waals surface area contributed by atoms with E-state index >= 15 is 0 Å². The van der Waals surface area contributed by atoms with Crippen molar-refractivity contribution in [2.24, 2.45) is 0 Å². The lowest BCUT2D eigenvalue weighted by atomic mass is 10.3. The average molecular weight is 455 g/mol. The molecule has 0 atom stereocenters. The van der Waals surface area contributed by atoms with Gasteiger partial charge in [0.05, 0.1) is 10.8 Å². The Labute approximate surface area is 167 Å². The Kier molecular flexibility index (Phi) is 6.54. The molecular formula is C17H13BrClN3O3S. The van der Waals surface area contributed by atoms with Crippen LogP contribution < -0.4 is 10.1 Å². The van der Waals surface area contributed by atoms with E-state index in [-0.39, 0.29) is 18.3 Å². The number of ether oxygens (including phenoxy) is 1. The number of thioether (sulfide) groups is 1. The van der Waals surface area contributed by atoms with Crippen LogP contribution in [0.3, 0.4) is 0 Å². The van der Waals surface area contributed by atoms with Crippen molar-refractivity contribution in [3.05, 3.63) is 63.9 Å².